The molecule has 130 valence electrons. The molecular weight excluding hydrogens is 312 g/mol. The molecule has 2 atom stereocenters. The highest BCUT2D eigenvalue weighted by Gasteiger charge is 2.34. The van der Waals surface area contributed by atoms with Crippen LogP contribution >= 0.6 is 0 Å². The zero-order valence-electron chi connectivity index (χ0n) is 14.6. The molecule has 2 unspecified atom stereocenters. The van der Waals surface area contributed by atoms with Crippen LogP contribution < -0.4 is 4.74 Å². The SMILES string of the molecule is COc1ccccc1C(CC(=O)c1ccccc1)C1CCCCC1=O. The molecule has 0 N–H and O–H groups in total. The molecule has 0 saturated heterocycles. The predicted octanol–water partition coefficient (Wildman–Crippen LogP) is 4.81. The fourth-order valence-electron chi connectivity index (χ4n) is 3.82. The third kappa shape index (κ3) is 3.98. The lowest BCUT2D eigenvalue weighted by Gasteiger charge is -2.30. The summed E-state index contributed by atoms with van der Waals surface area (Å²) in [4.78, 5) is 25.4. The summed E-state index contributed by atoms with van der Waals surface area (Å²) in [5.74, 6) is 0.888. The van der Waals surface area contributed by atoms with Crippen LogP contribution in [0.3, 0.4) is 0 Å². The van der Waals surface area contributed by atoms with Crippen molar-refractivity contribution in [2.75, 3.05) is 7.11 Å². The lowest BCUT2D eigenvalue weighted by molar-refractivity contribution is -0.125. The summed E-state index contributed by atoms with van der Waals surface area (Å²) < 4.78 is 5.52. The zero-order chi connectivity index (χ0) is 17.6. The highest BCUT2D eigenvalue weighted by molar-refractivity contribution is 5.97. The third-order valence-electron chi connectivity index (χ3n) is 5.13. The Morgan fingerprint density at radius 1 is 1.08 bits per heavy atom. The Bertz CT molecular complexity index is 736. The first-order chi connectivity index (χ1) is 12.2. The number of rotatable bonds is 6. The number of hydrogen-bond donors (Lipinski definition) is 0. The molecular formula is C22H24O3. The van der Waals surface area contributed by atoms with Crippen molar-refractivity contribution >= 4 is 11.6 Å². The Kier molecular flexibility index (Phi) is 5.64. The minimum absolute atomic E-state index is 0.0786. The van der Waals surface area contributed by atoms with Crippen molar-refractivity contribution in [3.8, 4) is 5.75 Å². The lowest BCUT2D eigenvalue weighted by atomic mass is 9.73. The van der Waals surface area contributed by atoms with Gasteiger partial charge in [0.25, 0.3) is 0 Å². The molecule has 0 heterocycles. The highest BCUT2D eigenvalue weighted by Crippen LogP contribution is 2.40. The second-order valence-corrected chi connectivity index (χ2v) is 6.66. The van der Waals surface area contributed by atoms with Crippen molar-refractivity contribution in [2.24, 2.45) is 5.92 Å². The van der Waals surface area contributed by atoms with E-state index in [2.05, 4.69) is 0 Å². The Morgan fingerprint density at radius 2 is 1.80 bits per heavy atom. The summed E-state index contributed by atoms with van der Waals surface area (Å²) in [6.45, 7) is 0. The van der Waals surface area contributed by atoms with E-state index in [0.29, 0.717) is 18.4 Å². The van der Waals surface area contributed by atoms with E-state index >= 15 is 0 Å². The molecule has 0 aliphatic heterocycles. The van der Waals surface area contributed by atoms with Crippen LogP contribution in [0, 0.1) is 5.92 Å². The van der Waals surface area contributed by atoms with E-state index in [1.54, 1.807) is 7.11 Å². The van der Waals surface area contributed by atoms with Gasteiger partial charge in [-0.15, -0.1) is 0 Å². The van der Waals surface area contributed by atoms with E-state index < -0.39 is 0 Å². The number of methoxy groups -OCH3 is 1. The smallest absolute Gasteiger partial charge is 0.163 e. The summed E-state index contributed by atoms with van der Waals surface area (Å²) in [5.41, 5.74) is 1.67. The second-order valence-electron chi connectivity index (χ2n) is 6.66. The molecule has 3 rings (SSSR count). The van der Waals surface area contributed by atoms with E-state index in [-0.39, 0.29) is 23.4 Å². The molecule has 2 aromatic carbocycles. The van der Waals surface area contributed by atoms with E-state index in [0.717, 1.165) is 30.6 Å². The van der Waals surface area contributed by atoms with Gasteiger partial charge < -0.3 is 4.74 Å². The van der Waals surface area contributed by atoms with Crippen molar-refractivity contribution in [3.63, 3.8) is 0 Å². The van der Waals surface area contributed by atoms with E-state index in [9.17, 15) is 9.59 Å². The van der Waals surface area contributed by atoms with Gasteiger partial charge in [-0.25, -0.2) is 0 Å². The standard InChI is InChI=1S/C22H24O3/c1-25-22-14-8-6-12-18(22)19(17-11-5-7-13-20(17)23)15-21(24)16-9-3-2-4-10-16/h2-4,6,8-10,12,14,17,19H,5,7,11,13,15H2,1H3. The van der Waals surface area contributed by atoms with Gasteiger partial charge in [-0.3, -0.25) is 9.59 Å². The van der Waals surface area contributed by atoms with Crippen LogP contribution in [0.25, 0.3) is 0 Å². The van der Waals surface area contributed by atoms with Crippen molar-refractivity contribution in [2.45, 2.75) is 38.0 Å². The zero-order valence-corrected chi connectivity index (χ0v) is 14.6. The monoisotopic (exact) mass is 336 g/mol. The van der Waals surface area contributed by atoms with Gasteiger partial charge in [0.15, 0.2) is 5.78 Å². The summed E-state index contributed by atoms with van der Waals surface area (Å²) in [5, 5.41) is 0. The van der Waals surface area contributed by atoms with Gasteiger partial charge >= 0.3 is 0 Å². The molecule has 0 amide bonds. The maximum absolute atomic E-state index is 12.8. The van der Waals surface area contributed by atoms with Crippen LogP contribution in [0.2, 0.25) is 0 Å². The van der Waals surface area contributed by atoms with Gasteiger partial charge in [0.1, 0.15) is 11.5 Å². The van der Waals surface area contributed by atoms with Crippen LogP contribution in [0.5, 0.6) is 5.75 Å². The molecule has 0 radical (unpaired) electrons. The first-order valence-electron chi connectivity index (χ1n) is 8.94. The van der Waals surface area contributed by atoms with E-state index in [1.807, 2.05) is 54.6 Å². The highest BCUT2D eigenvalue weighted by atomic mass is 16.5. The summed E-state index contributed by atoms with van der Waals surface area (Å²) >= 11 is 0. The van der Waals surface area contributed by atoms with Gasteiger partial charge in [-0.05, 0) is 24.5 Å². The molecule has 1 saturated carbocycles. The number of hydrogen-bond acceptors (Lipinski definition) is 3. The second kappa shape index (κ2) is 8.11. The van der Waals surface area contributed by atoms with Crippen LogP contribution in [0.4, 0.5) is 0 Å². The minimum Gasteiger partial charge on any atom is -0.496 e. The van der Waals surface area contributed by atoms with Gasteiger partial charge in [0.05, 0.1) is 7.11 Å². The molecule has 0 aromatic heterocycles. The largest absolute Gasteiger partial charge is 0.496 e. The van der Waals surface area contributed by atoms with E-state index in [4.69, 9.17) is 4.74 Å². The summed E-state index contributed by atoms with van der Waals surface area (Å²) in [6, 6.07) is 17.1. The number of benzene rings is 2. The number of para-hydroxylation sites is 1. The molecule has 3 nitrogen and oxygen atoms in total. The molecule has 3 heteroatoms. The summed E-state index contributed by atoms with van der Waals surface area (Å²) in [6.07, 6.45) is 3.81. The number of ketones is 2. The lowest BCUT2D eigenvalue weighted by Crippen LogP contribution is -2.27. The molecule has 1 fully saturated rings. The Labute approximate surface area is 149 Å². The van der Waals surface area contributed by atoms with Gasteiger partial charge in [-0.1, -0.05) is 55.0 Å². The van der Waals surface area contributed by atoms with Crippen molar-refractivity contribution in [1.82, 2.24) is 0 Å². The first kappa shape index (κ1) is 17.4. The van der Waals surface area contributed by atoms with Crippen molar-refractivity contribution in [1.29, 1.82) is 0 Å². The maximum Gasteiger partial charge on any atom is 0.163 e. The number of carbonyl (C=O) groups is 2. The Morgan fingerprint density at radius 3 is 2.52 bits per heavy atom. The van der Waals surface area contributed by atoms with Gasteiger partial charge in [0.2, 0.25) is 0 Å². The Hall–Kier alpha value is -2.42. The molecule has 1 aliphatic carbocycles. The predicted molar refractivity (Wildman–Crippen MR) is 98.1 cm³/mol. The van der Waals surface area contributed by atoms with Crippen LogP contribution in [-0.4, -0.2) is 18.7 Å². The van der Waals surface area contributed by atoms with Gasteiger partial charge in [-0.2, -0.15) is 0 Å². The Balaban J connectivity index is 1.94. The average Bonchev–Trinajstić information content (AvgIpc) is 2.67. The molecule has 0 bridgehead atoms. The normalized spacial score (nSPS) is 18.6. The topological polar surface area (TPSA) is 43.4 Å². The third-order valence-corrected chi connectivity index (χ3v) is 5.13. The average molecular weight is 336 g/mol. The first-order valence-corrected chi connectivity index (χ1v) is 8.94. The fourth-order valence-corrected chi connectivity index (χ4v) is 3.82. The van der Waals surface area contributed by atoms with Gasteiger partial charge in [0, 0.05) is 30.2 Å². The van der Waals surface area contributed by atoms with Crippen molar-refractivity contribution in [3.05, 3.63) is 65.7 Å². The fraction of sp³-hybridized carbons (Fsp3) is 0.364. The number of Topliss-reactive ketones (excluding diaryl/α,β-unsaturated/α-hetero) is 2. The van der Waals surface area contributed by atoms with Crippen LogP contribution in [0.1, 0.15) is 53.9 Å². The van der Waals surface area contributed by atoms with Crippen molar-refractivity contribution < 1.29 is 14.3 Å². The number of carbonyl (C=O) groups excluding carboxylic acids is 2. The molecule has 0 spiro atoms. The quantitative estimate of drug-likeness (QED) is 0.711. The van der Waals surface area contributed by atoms with Crippen LogP contribution in [0.15, 0.2) is 54.6 Å². The maximum atomic E-state index is 12.8. The molecule has 1 aliphatic rings. The molecule has 25 heavy (non-hydrogen) atoms. The number of ether oxygens (including phenoxy) is 1. The minimum atomic E-state index is -0.128. The van der Waals surface area contributed by atoms with E-state index in [1.165, 1.54) is 0 Å². The summed E-state index contributed by atoms with van der Waals surface area (Å²) in [7, 11) is 1.64. The van der Waals surface area contributed by atoms with Crippen LogP contribution in [-0.2, 0) is 4.79 Å². The molecule has 2 aromatic rings.